The number of benzene rings is 9. The van der Waals surface area contributed by atoms with Crippen molar-refractivity contribution in [1.82, 2.24) is 4.57 Å². The molecule has 1 aliphatic rings. The molecule has 11 aromatic rings. The summed E-state index contributed by atoms with van der Waals surface area (Å²) in [5, 5.41) is 5.22. The van der Waals surface area contributed by atoms with Crippen molar-refractivity contribution in [1.29, 1.82) is 0 Å². The van der Waals surface area contributed by atoms with E-state index >= 15 is 0 Å². The van der Waals surface area contributed by atoms with Crippen LogP contribution in [0.2, 0.25) is 0 Å². The molecule has 2 aromatic heterocycles. The average Bonchev–Trinajstić information content (AvgIpc) is 3.91. The third-order valence-electron chi connectivity index (χ3n) is 12.8. The number of hydrogen-bond acceptors (Lipinski definition) is 2. The van der Waals surface area contributed by atoms with Gasteiger partial charge in [0.05, 0.1) is 11.0 Å². The summed E-state index contributed by atoms with van der Waals surface area (Å²) < 4.78 is 5.05. The summed E-state index contributed by atoms with van der Waals surface area (Å²) in [4.78, 5) is 2.41. The second-order valence-electron chi connectivity index (χ2n) is 16.4. The molecule has 0 N–H and O–H groups in total. The molecule has 0 fully saturated rings. The smallest absolute Gasteiger partial charge is 0.0541 e. The van der Waals surface area contributed by atoms with E-state index in [2.05, 4.69) is 246 Å². The first kappa shape index (κ1) is 37.1. The first-order chi connectivity index (χ1) is 31.2. The summed E-state index contributed by atoms with van der Waals surface area (Å²) in [6.45, 7) is 0. The Hall–Kier alpha value is -7.72. The summed E-state index contributed by atoms with van der Waals surface area (Å²) in [5.41, 5.74) is 15.8. The molecule has 0 spiro atoms. The first-order valence-electron chi connectivity index (χ1n) is 21.8. The van der Waals surface area contributed by atoms with Crippen LogP contribution >= 0.6 is 11.3 Å². The highest BCUT2D eigenvalue weighted by molar-refractivity contribution is 7.26. The quantitative estimate of drug-likeness (QED) is 0.148. The van der Waals surface area contributed by atoms with Gasteiger partial charge in [-0.05, 0) is 112 Å². The zero-order valence-electron chi connectivity index (χ0n) is 34.6. The van der Waals surface area contributed by atoms with Gasteiger partial charge in [0.25, 0.3) is 0 Å². The predicted molar refractivity (Wildman–Crippen MR) is 270 cm³/mol. The van der Waals surface area contributed by atoms with Crippen LogP contribution < -0.4 is 4.90 Å². The van der Waals surface area contributed by atoms with E-state index < -0.39 is 0 Å². The Morgan fingerprint density at radius 1 is 0.444 bits per heavy atom. The van der Waals surface area contributed by atoms with E-state index in [-0.39, 0.29) is 5.92 Å². The molecule has 0 bridgehead atoms. The summed E-state index contributed by atoms with van der Waals surface area (Å²) >= 11 is 1.88. The first-order valence-corrected chi connectivity index (χ1v) is 22.6. The second kappa shape index (κ2) is 15.6. The number of fused-ring (bicyclic) bond motifs is 6. The van der Waals surface area contributed by atoms with Crippen LogP contribution in [0.5, 0.6) is 0 Å². The van der Waals surface area contributed by atoms with Crippen LogP contribution in [0.15, 0.2) is 242 Å². The number of thiophene rings is 1. The summed E-state index contributed by atoms with van der Waals surface area (Å²) in [6.07, 6.45) is 8.06. The van der Waals surface area contributed by atoms with Crippen LogP contribution in [0.3, 0.4) is 0 Å². The molecule has 3 heteroatoms. The Balaban J connectivity index is 0.888. The second-order valence-corrected chi connectivity index (χ2v) is 17.5. The van der Waals surface area contributed by atoms with Crippen LogP contribution in [0.4, 0.5) is 11.4 Å². The monoisotopic (exact) mass is 822 g/mol. The van der Waals surface area contributed by atoms with Crippen LogP contribution in [-0.4, -0.2) is 4.57 Å². The van der Waals surface area contributed by atoms with Gasteiger partial charge in [-0.25, -0.2) is 0 Å². The van der Waals surface area contributed by atoms with Crippen molar-refractivity contribution in [2.75, 3.05) is 4.90 Å². The van der Waals surface area contributed by atoms with E-state index in [0.29, 0.717) is 0 Å². The third kappa shape index (κ3) is 6.66. The minimum absolute atomic E-state index is 0.268. The molecule has 2 heterocycles. The van der Waals surface area contributed by atoms with E-state index in [4.69, 9.17) is 0 Å². The van der Waals surface area contributed by atoms with Crippen molar-refractivity contribution in [2.45, 2.75) is 12.3 Å². The Morgan fingerprint density at radius 3 is 1.71 bits per heavy atom. The van der Waals surface area contributed by atoms with Gasteiger partial charge < -0.3 is 9.47 Å². The van der Waals surface area contributed by atoms with Crippen molar-refractivity contribution in [3.8, 4) is 39.1 Å². The molecule has 1 aliphatic carbocycles. The maximum absolute atomic E-state index is 2.42. The van der Waals surface area contributed by atoms with Gasteiger partial charge in [-0.1, -0.05) is 170 Å². The van der Waals surface area contributed by atoms with Crippen LogP contribution in [-0.2, 0) is 0 Å². The molecule has 0 saturated heterocycles. The SMILES string of the molecule is C1=CC(c2ccc3c(c2)c2ccccc2n3-c2ccccc2)CC=C1N(c1ccc(-c2ccc(-c3ccccc3)cc2)cc1)c1ccc(-c2cccc3c2sc2ccccc23)cc1. The summed E-state index contributed by atoms with van der Waals surface area (Å²) in [5.74, 6) is 0.268. The molecule has 12 rings (SSSR count). The van der Waals surface area contributed by atoms with Crippen molar-refractivity contribution in [3.05, 3.63) is 248 Å². The summed E-state index contributed by atoms with van der Waals surface area (Å²) in [6, 6.07) is 79.7. The topological polar surface area (TPSA) is 8.17 Å². The lowest BCUT2D eigenvalue weighted by atomic mass is 9.90. The molecular formula is C60H42N2S. The summed E-state index contributed by atoms with van der Waals surface area (Å²) in [7, 11) is 0. The van der Waals surface area contributed by atoms with Crippen LogP contribution in [0.1, 0.15) is 17.9 Å². The maximum atomic E-state index is 2.42. The van der Waals surface area contributed by atoms with E-state index in [0.717, 1.165) is 17.8 Å². The Bertz CT molecular complexity index is 3500. The fourth-order valence-corrected chi connectivity index (χ4v) is 10.8. The molecule has 298 valence electrons. The highest BCUT2D eigenvalue weighted by atomic mass is 32.1. The molecular weight excluding hydrogens is 781 g/mol. The Kier molecular flexibility index (Phi) is 9.20. The van der Waals surface area contributed by atoms with Crippen LogP contribution in [0, 0.1) is 0 Å². The number of hydrogen-bond donors (Lipinski definition) is 0. The fourth-order valence-electron chi connectivity index (χ4n) is 9.60. The van der Waals surface area contributed by atoms with Gasteiger partial charge in [0.2, 0.25) is 0 Å². The van der Waals surface area contributed by atoms with E-state index in [1.165, 1.54) is 92.3 Å². The lowest BCUT2D eigenvalue weighted by molar-refractivity contribution is 0.841. The number of rotatable bonds is 8. The maximum Gasteiger partial charge on any atom is 0.0541 e. The molecule has 63 heavy (non-hydrogen) atoms. The van der Waals surface area contributed by atoms with E-state index in [9.17, 15) is 0 Å². The normalized spacial score (nSPS) is 13.8. The van der Waals surface area contributed by atoms with Gasteiger partial charge in [-0.2, -0.15) is 0 Å². The molecule has 2 nitrogen and oxygen atoms in total. The molecule has 0 amide bonds. The van der Waals surface area contributed by atoms with Gasteiger partial charge in [-0.3, -0.25) is 0 Å². The van der Waals surface area contributed by atoms with Crippen molar-refractivity contribution in [2.24, 2.45) is 0 Å². The van der Waals surface area contributed by atoms with Gasteiger partial charge in [0.1, 0.15) is 0 Å². The van der Waals surface area contributed by atoms with Gasteiger partial charge >= 0.3 is 0 Å². The lowest BCUT2D eigenvalue weighted by Gasteiger charge is -2.29. The third-order valence-corrected chi connectivity index (χ3v) is 14.0. The predicted octanol–water partition coefficient (Wildman–Crippen LogP) is 16.9. The molecule has 0 radical (unpaired) electrons. The molecule has 9 aromatic carbocycles. The highest BCUT2D eigenvalue weighted by Gasteiger charge is 2.21. The Labute approximate surface area is 371 Å². The van der Waals surface area contributed by atoms with Crippen molar-refractivity contribution in [3.63, 3.8) is 0 Å². The van der Waals surface area contributed by atoms with Gasteiger partial charge in [0.15, 0.2) is 0 Å². The lowest BCUT2D eigenvalue weighted by Crippen LogP contribution is -2.17. The average molecular weight is 823 g/mol. The highest BCUT2D eigenvalue weighted by Crippen LogP contribution is 2.42. The number of allylic oxidation sites excluding steroid dienone is 3. The van der Waals surface area contributed by atoms with Crippen molar-refractivity contribution >= 4 is 64.7 Å². The minimum atomic E-state index is 0.268. The Morgan fingerprint density at radius 2 is 1.02 bits per heavy atom. The molecule has 0 aliphatic heterocycles. The van der Waals surface area contributed by atoms with E-state index in [1.807, 2.05) is 11.3 Å². The molecule has 1 unspecified atom stereocenters. The van der Waals surface area contributed by atoms with E-state index in [1.54, 1.807) is 0 Å². The van der Waals surface area contributed by atoms with Crippen LogP contribution in [0.25, 0.3) is 81.0 Å². The standard InChI is InChI=1S/C60H42N2S/c1-3-12-41(13-4-1)42-22-24-43(25-23-42)44-26-33-49(34-27-44)61(51-37-30-46(31-38-51)52-18-11-19-55-54-17-8-10-21-59(54)63-60(52)55)50-35-28-45(29-36-50)47-32-39-58-56(40-47)53-16-7-9-20-57(53)62(58)48-14-5-2-6-15-48/h1-28,30-40,45H,29H2. The molecule has 1 atom stereocenters. The zero-order chi connectivity index (χ0) is 41.7. The number of aromatic nitrogens is 1. The fraction of sp³-hybridized carbons (Fsp3) is 0.0333. The number of nitrogens with zero attached hydrogens (tertiary/aromatic N) is 2. The van der Waals surface area contributed by atoms with Gasteiger partial charge in [0, 0.05) is 59.6 Å². The largest absolute Gasteiger partial charge is 0.311 e. The minimum Gasteiger partial charge on any atom is -0.311 e. The number of para-hydroxylation sites is 2. The number of anilines is 2. The van der Waals surface area contributed by atoms with Crippen molar-refractivity contribution < 1.29 is 0 Å². The van der Waals surface area contributed by atoms with Gasteiger partial charge in [-0.15, -0.1) is 11.3 Å². The zero-order valence-corrected chi connectivity index (χ0v) is 35.4. The molecule has 0 saturated carbocycles.